The Bertz CT molecular complexity index is 2020. The molecule has 2 aromatic heterocycles. The number of nitrogens with zero attached hydrogens (tertiary/aromatic N) is 3. The SMILES string of the molecule is CCC1=C(C(=O)OC)[C@H](c2ccccc2)n2c(s/c(=C/c3c(C)n(Cc4ccccc4F)c4ccccc34)c2=O)=N1. The number of para-hydroxylation sites is 1. The molecule has 0 unspecified atom stereocenters. The van der Waals surface area contributed by atoms with Crippen molar-refractivity contribution >= 4 is 34.3 Å². The van der Waals surface area contributed by atoms with Crippen LogP contribution in [-0.4, -0.2) is 22.2 Å². The summed E-state index contributed by atoms with van der Waals surface area (Å²) in [5.41, 5.74) is 4.91. The Morgan fingerprint density at radius 1 is 1.05 bits per heavy atom. The van der Waals surface area contributed by atoms with Crippen molar-refractivity contribution in [2.75, 3.05) is 7.11 Å². The number of methoxy groups -OCH3 is 1. The average Bonchev–Trinajstić information content (AvgIpc) is 3.45. The fraction of sp³-hybridized carbons (Fsp3) is 0.182. The molecule has 0 saturated heterocycles. The summed E-state index contributed by atoms with van der Waals surface area (Å²) < 4.78 is 23.9. The van der Waals surface area contributed by atoms with Crippen molar-refractivity contribution in [3.8, 4) is 0 Å². The van der Waals surface area contributed by atoms with E-state index in [9.17, 15) is 14.0 Å². The van der Waals surface area contributed by atoms with Crippen molar-refractivity contribution in [1.29, 1.82) is 0 Å². The van der Waals surface area contributed by atoms with Gasteiger partial charge in [-0.2, -0.15) is 0 Å². The predicted molar refractivity (Wildman–Crippen MR) is 159 cm³/mol. The second-order valence-corrected chi connectivity index (χ2v) is 10.9. The fourth-order valence-corrected chi connectivity index (χ4v) is 6.59. The summed E-state index contributed by atoms with van der Waals surface area (Å²) in [6.45, 7) is 4.29. The molecule has 6 rings (SSSR count). The molecule has 3 heterocycles. The number of hydrogen-bond acceptors (Lipinski definition) is 5. The molecule has 0 fully saturated rings. The summed E-state index contributed by atoms with van der Waals surface area (Å²) in [4.78, 5) is 32.4. The van der Waals surface area contributed by atoms with Gasteiger partial charge in [0, 0.05) is 27.7 Å². The highest BCUT2D eigenvalue weighted by atomic mass is 32.1. The zero-order chi connectivity index (χ0) is 28.7. The van der Waals surface area contributed by atoms with Gasteiger partial charge < -0.3 is 9.30 Å². The molecule has 1 aliphatic heterocycles. The van der Waals surface area contributed by atoms with Crippen LogP contribution in [0.2, 0.25) is 0 Å². The quantitative estimate of drug-likeness (QED) is 0.264. The van der Waals surface area contributed by atoms with Crippen LogP contribution in [0.4, 0.5) is 4.39 Å². The van der Waals surface area contributed by atoms with E-state index in [0.29, 0.717) is 39.1 Å². The molecule has 0 saturated carbocycles. The number of carbonyl (C=O) groups is 1. The molecule has 5 aromatic rings. The fourth-order valence-electron chi connectivity index (χ4n) is 5.59. The molecule has 0 radical (unpaired) electrons. The van der Waals surface area contributed by atoms with Crippen LogP contribution in [0, 0.1) is 12.7 Å². The van der Waals surface area contributed by atoms with Crippen molar-refractivity contribution in [2.24, 2.45) is 4.99 Å². The van der Waals surface area contributed by atoms with Crippen molar-refractivity contribution in [1.82, 2.24) is 9.13 Å². The van der Waals surface area contributed by atoms with Crippen LogP contribution in [0.1, 0.15) is 41.8 Å². The Kier molecular flexibility index (Phi) is 7.01. The maximum Gasteiger partial charge on any atom is 0.338 e. The van der Waals surface area contributed by atoms with E-state index in [1.807, 2.05) is 80.6 Å². The lowest BCUT2D eigenvalue weighted by molar-refractivity contribution is -0.136. The third-order valence-electron chi connectivity index (χ3n) is 7.61. The molecule has 0 amide bonds. The number of thiazole rings is 1. The highest BCUT2D eigenvalue weighted by Crippen LogP contribution is 2.32. The summed E-state index contributed by atoms with van der Waals surface area (Å²) in [6, 6.07) is 23.5. The van der Waals surface area contributed by atoms with Gasteiger partial charge in [-0.1, -0.05) is 85.0 Å². The summed E-state index contributed by atoms with van der Waals surface area (Å²) in [5.74, 6) is -0.755. The van der Waals surface area contributed by atoms with E-state index < -0.39 is 12.0 Å². The molecule has 0 N–H and O–H groups in total. The van der Waals surface area contributed by atoms with Crippen LogP contribution in [0.5, 0.6) is 0 Å². The Labute approximate surface area is 240 Å². The summed E-state index contributed by atoms with van der Waals surface area (Å²) in [6.07, 6.45) is 2.41. The number of fused-ring (bicyclic) bond motifs is 2. The van der Waals surface area contributed by atoms with Gasteiger partial charge in [-0.25, -0.2) is 14.2 Å². The molecule has 8 heteroatoms. The third kappa shape index (κ3) is 4.54. The Hall–Kier alpha value is -4.56. The largest absolute Gasteiger partial charge is 0.466 e. The van der Waals surface area contributed by atoms with Gasteiger partial charge in [0.1, 0.15) is 5.82 Å². The number of esters is 1. The number of aromatic nitrogens is 2. The lowest BCUT2D eigenvalue weighted by Gasteiger charge is -2.25. The van der Waals surface area contributed by atoms with Crippen molar-refractivity contribution < 1.29 is 13.9 Å². The third-order valence-corrected chi connectivity index (χ3v) is 8.59. The molecule has 0 bridgehead atoms. The maximum absolute atomic E-state index is 14.6. The van der Waals surface area contributed by atoms with Gasteiger partial charge in [-0.15, -0.1) is 0 Å². The van der Waals surface area contributed by atoms with Gasteiger partial charge in [-0.3, -0.25) is 9.36 Å². The molecule has 206 valence electrons. The second-order valence-electron chi connectivity index (χ2n) is 9.89. The monoisotopic (exact) mass is 565 g/mol. The minimum atomic E-state index is -0.652. The first-order valence-corrected chi connectivity index (χ1v) is 14.2. The molecule has 0 spiro atoms. The molecule has 1 atom stereocenters. The van der Waals surface area contributed by atoms with Crippen LogP contribution >= 0.6 is 11.3 Å². The number of benzene rings is 3. The van der Waals surface area contributed by atoms with Gasteiger partial charge in [0.2, 0.25) is 0 Å². The first kappa shape index (κ1) is 26.7. The summed E-state index contributed by atoms with van der Waals surface area (Å²) in [7, 11) is 1.34. The topological polar surface area (TPSA) is 65.6 Å². The number of allylic oxidation sites excluding steroid dienone is 1. The highest BCUT2D eigenvalue weighted by Gasteiger charge is 2.33. The van der Waals surface area contributed by atoms with E-state index >= 15 is 0 Å². The molecular weight excluding hydrogens is 537 g/mol. The van der Waals surface area contributed by atoms with Crippen molar-refractivity contribution in [3.05, 3.63) is 138 Å². The van der Waals surface area contributed by atoms with Gasteiger partial charge in [-0.05, 0) is 37.1 Å². The van der Waals surface area contributed by atoms with Crippen molar-refractivity contribution in [2.45, 2.75) is 32.9 Å². The number of ether oxygens (including phenoxy) is 1. The average molecular weight is 566 g/mol. The molecule has 0 aliphatic carbocycles. The zero-order valence-corrected chi connectivity index (χ0v) is 23.7. The van der Waals surface area contributed by atoms with E-state index in [0.717, 1.165) is 27.7 Å². The summed E-state index contributed by atoms with van der Waals surface area (Å²) in [5, 5.41) is 0.969. The van der Waals surface area contributed by atoms with E-state index in [-0.39, 0.29) is 11.4 Å². The smallest absolute Gasteiger partial charge is 0.338 e. The number of rotatable bonds is 6. The van der Waals surface area contributed by atoms with Crippen LogP contribution in [0.25, 0.3) is 17.0 Å². The number of hydrogen-bond donors (Lipinski definition) is 0. The van der Waals surface area contributed by atoms with Gasteiger partial charge >= 0.3 is 5.97 Å². The van der Waals surface area contributed by atoms with E-state index in [4.69, 9.17) is 9.73 Å². The Morgan fingerprint density at radius 3 is 2.49 bits per heavy atom. The lowest BCUT2D eigenvalue weighted by atomic mass is 9.95. The van der Waals surface area contributed by atoms with Gasteiger partial charge in [0.25, 0.3) is 5.56 Å². The zero-order valence-electron chi connectivity index (χ0n) is 22.9. The molecule has 6 nitrogen and oxygen atoms in total. The number of carbonyl (C=O) groups excluding carboxylic acids is 1. The first-order chi connectivity index (χ1) is 19.9. The molecule has 41 heavy (non-hydrogen) atoms. The second kappa shape index (κ2) is 10.8. The maximum atomic E-state index is 14.6. The van der Waals surface area contributed by atoms with Crippen LogP contribution in [0.15, 0.2) is 99.9 Å². The molecular formula is C33H28FN3O3S. The first-order valence-electron chi connectivity index (χ1n) is 13.4. The van der Waals surface area contributed by atoms with E-state index in [1.165, 1.54) is 24.5 Å². The minimum Gasteiger partial charge on any atom is -0.466 e. The van der Waals surface area contributed by atoms with Gasteiger partial charge in [0.15, 0.2) is 4.80 Å². The number of halogens is 1. The normalized spacial score (nSPS) is 15.2. The van der Waals surface area contributed by atoms with Gasteiger partial charge in [0.05, 0.1) is 35.5 Å². The minimum absolute atomic E-state index is 0.232. The van der Waals surface area contributed by atoms with E-state index in [1.54, 1.807) is 16.7 Å². The van der Waals surface area contributed by atoms with Crippen LogP contribution in [-0.2, 0) is 16.1 Å². The van der Waals surface area contributed by atoms with Crippen LogP contribution < -0.4 is 14.9 Å². The molecule has 3 aromatic carbocycles. The Morgan fingerprint density at radius 2 is 1.76 bits per heavy atom. The Balaban J connectivity index is 1.57. The standard InChI is InChI=1S/C33H28FN3O3S/c1-4-26-29(32(39)40-3)30(21-12-6-5-7-13-21)37-31(38)28(41-33(37)35-26)18-24-20(2)36(27-17-11-9-15-23(24)27)19-22-14-8-10-16-25(22)34/h5-18,30H,4,19H2,1-3H3/b28-18+/t30-/m0/s1. The predicted octanol–water partition coefficient (Wildman–Crippen LogP) is 5.25. The lowest BCUT2D eigenvalue weighted by Crippen LogP contribution is -2.40. The van der Waals surface area contributed by atoms with Crippen molar-refractivity contribution in [3.63, 3.8) is 0 Å². The molecule has 1 aliphatic rings. The highest BCUT2D eigenvalue weighted by molar-refractivity contribution is 7.07. The summed E-state index contributed by atoms with van der Waals surface area (Å²) >= 11 is 1.30. The van der Waals surface area contributed by atoms with E-state index in [2.05, 4.69) is 4.57 Å². The van der Waals surface area contributed by atoms with Crippen LogP contribution in [0.3, 0.4) is 0 Å².